The van der Waals surface area contributed by atoms with Crippen LogP contribution in [-0.4, -0.2) is 20.7 Å². The first-order valence-electron chi connectivity index (χ1n) is 8.39. The zero-order valence-corrected chi connectivity index (χ0v) is 16.0. The molecule has 2 aromatic rings. The van der Waals surface area contributed by atoms with E-state index >= 15 is 0 Å². The zero-order chi connectivity index (χ0) is 18.5. The van der Waals surface area contributed by atoms with E-state index in [1.54, 1.807) is 25.6 Å². The number of dihydropyridines is 1. The van der Waals surface area contributed by atoms with E-state index in [0.29, 0.717) is 15.7 Å². The Hall–Kier alpha value is -2.01. The Kier molecular flexibility index (Phi) is 4.22. The fourth-order valence-corrected chi connectivity index (χ4v) is 4.09. The van der Waals surface area contributed by atoms with Gasteiger partial charge >= 0.3 is 0 Å². The number of nitrogens with zero attached hydrogens (tertiary/aromatic N) is 2. The smallest absolute Gasteiger partial charge is 0.129 e. The number of benzene rings is 1. The van der Waals surface area contributed by atoms with Gasteiger partial charge in [0.15, 0.2) is 0 Å². The normalized spacial score (nSPS) is 21.3. The van der Waals surface area contributed by atoms with Crippen LogP contribution in [-0.2, 0) is 19.1 Å². The Bertz CT molecular complexity index is 969. The molecule has 0 saturated carbocycles. The molecule has 0 bridgehead atoms. The molecule has 4 nitrogen and oxygen atoms in total. The molecular formula is C20H19Cl2N3O. The standard InChI is InChI=1S/C20H19Cl2N3O/c1-20(26,19-10-23-11-25(19)2)17-6-13-5-14(21)4-3-12(13)7-18-16(17)8-15(22)9-24-18/h3-6,8-11,18,24,26H,7H2,1-2H3. The number of aryl methyl sites for hydroxylation is 1. The molecule has 2 unspecified atom stereocenters. The average molecular weight is 388 g/mol. The third-order valence-corrected chi connectivity index (χ3v) is 5.53. The summed E-state index contributed by atoms with van der Waals surface area (Å²) >= 11 is 12.5. The molecule has 1 aromatic heterocycles. The van der Waals surface area contributed by atoms with Gasteiger partial charge in [0.05, 0.1) is 29.3 Å². The van der Waals surface area contributed by atoms with Gasteiger partial charge in [-0.1, -0.05) is 29.3 Å². The Morgan fingerprint density at radius 1 is 1.31 bits per heavy atom. The van der Waals surface area contributed by atoms with Crippen molar-refractivity contribution in [3.8, 4) is 0 Å². The van der Waals surface area contributed by atoms with Gasteiger partial charge < -0.3 is 15.0 Å². The van der Waals surface area contributed by atoms with E-state index in [0.717, 1.165) is 23.1 Å². The molecule has 1 aliphatic heterocycles. The molecule has 4 rings (SSSR count). The molecule has 2 atom stereocenters. The molecule has 0 saturated heterocycles. The van der Waals surface area contributed by atoms with Crippen LogP contribution in [0.5, 0.6) is 0 Å². The van der Waals surface area contributed by atoms with Crippen LogP contribution in [0.3, 0.4) is 0 Å². The summed E-state index contributed by atoms with van der Waals surface area (Å²) in [6.07, 6.45) is 9.88. The quantitative estimate of drug-likeness (QED) is 0.821. The minimum atomic E-state index is -1.24. The van der Waals surface area contributed by atoms with Crippen LogP contribution in [0.1, 0.15) is 23.7 Å². The third-order valence-electron chi connectivity index (χ3n) is 5.07. The second-order valence-electron chi connectivity index (χ2n) is 6.92. The van der Waals surface area contributed by atoms with E-state index in [4.69, 9.17) is 23.2 Å². The molecule has 1 aromatic carbocycles. The number of aliphatic hydroxyl groups is 1. The first kappa shape index (κ1) is 17.4. The molecule has 134 valence electrons. The second kappa shape index (κ2) is 6.31. The summed E-state index contributed by atoms with van der Waals surface area (Å²) in [6.45, 7) is 1.79. The van der Waals surface area contributed by atoms with Crippen molar-refractivity contribution in [3.05, 3.63) is 81.0 Å². The number of allylic oxidation sites excluding steroid dienone is 2. The number of imidazole rings is 1. The lowest BCUT2D eigenvalue weighted by atomic mass is 9.82. The summed E-state index contributed by atoms with van der Waals surface area (Å²) in [5.41, 5.74) is 3.39. The van der Waals surface area contributed by atoms with Crippen molar-refractivity contribution in [1.82, 2.24) is 14.9 Å². The molecular weight excluding hydrogens is 369 g/mol. The SMILES string of the molecule is Cn1cncc1C(C)(O)C1=Cc2cc(Cl)ccc2CC2NC=C(Cl)C=C12. The summed E-state index contributed by atoms with van der Waals surface area (Å²) in [7, 11) is 1.87. The van der Waals surface area contributed by atoms with Crippen molar-refractivity contribution in [2.75, 3.05) is 0 Å². The van der Waals surface area contributed by atoms with Gasteiger partial charge in [0, 0.05) is 18.3 Å². The molecule has 0 spiro atoms. The molecule has 26 heavy (non-hydrogen) atoms. The van der Waals surface area contributed by atoms with Crippen molar-refractivity contribution in [3.63, 3.8) is 0 Å². The molecule has 2 aliphatic rings. The van der Waals surface area contributed by atoms with Gasteiger partial charge in [-0.15, -0.1) is 0 Å². The van der Waals surface area contributed by atoms with Crippen LogP contribution in [0, 0.1) is 0 Å². The van der Waals surface area contributed by atoms with Gasteiger partial charge in [-0.25, -0.2) is 4.98 Å². The van der Waals surface area contributed by atoms with E-state index < -0.39 is 5.60 Å². The maximum Gasteiger partial charge on any atom is 0.129 e. The van der Waals surface area contributed by atoms with E-state index in [2.05, 4.69) is 10.3 Å². The fraction of sp³-hybridized carbons (Fsp3) is 0.250. The van der Waals surface area contributed by atoms with Crippen LogP contribution in [0.4, 0.5) is 0 Å². The highest BCUT2D eigenvalue weighted by Crippen LogP contribution is 2.41. The van der Waals surface area contributed by atoms with Crippen molar-refractivity contribution in [2.45, 2.75) is 25.0 Å². The van der Waals surface area contributed by atoms with Crippen molar-refractivity contribution >= 4 is 29.3 Å². The molecule has 2 N–H and O–H groups in total. The van der Waals surface area contributed by atoms with Gasteiger partial charge in [-0.3, -0.25) is 0 Å². The van der Waals surface area contributed by atoms with Crippen LogP contribution in [0.15, 0.2) is 59.2 Å². The fourth-order valence-electron chi connectivity index (χ4n) is 3.73. The summed E-state index contributed by atoms with van der Waals surface area (Å²) in [4.78, 5) is 4.17. The van der Waals surface area contributed by atoms with Crippen molar-refractivity contribution in [2.24, 2.45) is 7.05 Å². The molecule has 1 aliphatic carbocycles. The molecule has 6 heteroatoms. The largest absolute Gasteiger partial charge is 0.383 e. The van der Waals surface area contributed by atoms with E-state index in [-0.39, 0.29) is 6.04 Å². The van der Waals surface area contributed by atoms with Gasteiger partial charge in [-0.2, -0.15) is 0 Å². The van der Waals surface area contributed by atoms with Gasteiger partial charge in [-0.05, 0) is 59.9 Å². The Labute approximate surface area is 162 Å². The number of rotatable bonds is 2. The number of fused-ring (bicyclic) bond motifs is 2. The minimum Gasteiger partial charge on any atom is -0.383 e. The van der Waals surface area contributed by atoms with Crippen LogP contribution < -0.4 is 5.32 Å². The van der Waals surface area contributed by atoms with Crippen molar-refractivity contribution < 1.29 is 5.11 Å². The second-order valence-corrected chi connectivity index (χ2v) is 7.79. The number of nitrogens with one attached hydrogen (secondary N) is 1. The predicted molar refractivity (Wildman–Crippen MR) is 105 cm³/mol. The van der Waals surface area contributed by atoms with Crippen LogP contribution in [0.2, 0.25) is 5.02 Å². The lowest BCUT2D eigenvalue weighted by Gasteiger charge is -2.33. The highest BCUT2D eigenvalue weighted by molar-refractivity contribution is 6.31. The Balaban J connectivity index is 1.95. The highest BCUT2D eigenvalue weighted by atomic mass is 35.5. The number of hydrogen-bond donors (Lipinski definition) is 2. The topological polar surface area (TPSA) is 50.1 Å². The Morgan fingerprint density at radius 2 is 2.12 bits per heavy atom. The van der Waals surface area contributed by atoms with Crippen LogP contribution in [0.25, 0.3) is 6.08 Å². The molecule has 2 heterocycles. The lowest BCUT2D eigenvalue weighted by Crippen LogP contribution is -2.36. The first-order valence-corrected chi connectivity index (χ1v) is 9.15. The number of aromatic nitrogens is 2. The van der Waals surface area contributed by atoms with Gasteiger partial charge in [0.1, 0.15) is 5.60 Å². The maximum atomic E-state index is 11.5. The van der Waals surface area contributed by atoms with E-state index in [9.17, 15) is 5.11 Å². The Morgan fingerprint density at radius 3 is 2.85 bits per heavy atom. The first-order chi connectivity index (χ1) is 12.4. The molecule has 0 amide bonds. The molecule has 0 fully saturated rings. The summed E-state index contributed by atoms with van der Waals surface area (Å²) in [5.74, 6) is 0. The third kappa shape index (κ3) is 2.88. The minimum absolute atomic E-state index is 0.0193. The average Bonchev–Trinajstić information content (AvgIpc) is 2.96. The highest BCUT2D eigenvalue weighted by Gasteiger charge is 2.37. The maximum absolute atomic E-state index is 11.5. The summed E-state index contributed by atoms with van der Waals surface area (Å²) < 4.78 is 1.83. The number of halogens is 2. The predicted octanol–water partition coefficient (Wildman–Crippen LogP) is 3.90. The monoisotopic (exact) mass is 387 g/mol. The van der Waals surface area contributed by atoms with Gasteiger partial charge in [0.2, 0.25) is 0 Å². The summed E-state index contributed by atoms with van der Waals surface area (Å²) in [5, 5.41) is 16.2. The lowest BCUT2D eigenvalue weighted by molar-refractivity contribution is 0.0920. The molecule has 0 radical (unpaired) electrons. The summed E-state index contributed by atoms with van der Waals surface area (Å²) in [6, 6.07) is 5.89. The van der Waals surface area contributed by atoms with E-state index in [1.807, 2.05) is 42.0 Å². The number of hydrogen-bond acceptors (Lipinski definition) is 3. The van der Waals surface area contributed by atoms with E-state index in [1.165, 1.54) is 5.56 Å². The van der Waals surface area contributed by atoms with Gasteiger partial charge in [0.25, 0.3) is 0 Å². The van der Waals surface area contributed by atoms with Crippen LogP contribution >= 0.6 is 23.2 Å². The zero-order valence-electron chi connectivity index (χ0n) is 14.5. The van der Waals surface area contributed by atoms with Crippen molar-refractivity contribution in [1.29, 1.82) is 0 Å².